The Balaban J connectivity index is 1.98. The van der Waals surface area contributed by atoms with E-state index in [4.69, 9.17) is 11.6 Å². The standard InChI is InChI=1S/C16H14ClFN2O/c1-19-16(10-2-4-12(17)13(18)7-10)9-3-5-14-11(6-9)8-15(21)20-14/h2-7,16,19H,8H2,1H3,(H,20,21). The Morgan fingerprint density at radius 2 is 1.95 bits per heavy atom. The highest BCUT2D eigenvalue weighted by molar-refractivity contribution is 6.30. The number of benzene rings is 2. The van der Waals surface area contributed by atoms with Crippen molar-refractivity contribution < 1.29 is 9.18 Å². The largest absolute Gasteiger partial charge is 0.326 e. The van der Waals surface area contributed by atoms with Crippen molar-refractivity contribution in [3.63, 3.8) is 0 Å². The van der Waals surface area contributed by atoms with Crippen molar-refractivity contribution in [1.29, 1.82) is 0 Å². The first-order valence-electron chi connectivity index (χ1n) is 6.63. The van der Waals surface area contributed by atoms with E-state index in [1.54, 1.807) is 12.1 Å². The van der Waals surface area contributed by atoms with Crippen LogP contribution in [-0.2, 0) is 11.2 Å². The number of nitrogens with one attached hydrogen (secondary N) is 2. The van der Waals surface area contributed by atoms with Gasteiger partial charge in [0.05, 0.1) is 17.5 Å². The summed E-state index contributed by atoms with van der Waals surface area (Å²) >= 11 is 5.73. The summed E-state index contributed by atoms with van der Waals surface area (Å²) < 4.78 is 13.6. The molecule has 5 heteroatoms. The first-order chi connectivity index (χ1) is 10.1. The predicted molar refractivity (Wildman–Crippen MR) is 81.1 cm³/mol. The van der Waals surface area contributed by atoms with Gasteiger partial charge in [0.1, 0.15) is 5.82 Å². The summed E-state index contributed by atoms with van der Waals surface area (Å²) in [5.41, 5.74) is 3.58. The number of amides is 1. The third kappa shape index (κ3) is 2.64. The smallest absolute Gasteiger partial charge is 0.228 e. The van der Waals surface area contributed by atoms with Crippen molar-refractivity contribution in [2.24, 2.45) is 0 Å². The minimum atomic E-state index is -0.438. The lowest BCUT2D eigenvalue weighted by Gasteiger charge is -2.18. The third-order valence-electron chi connectivity index (χ3n) is 3.65. The molecule has 0 radical (unpaired) electrons. The van der Waals surface area contributed by atoms with Gasteiger partial charge in [0.25, 0.3) is 0 Å². The fourth-order valence-corrected chi connectivity index (χ4v) is 2.76. The molecule has 0 fully saturated rings. The van der Waals surface area contributed by atoms with Crippen LogP contribution in [0, 0.1) is 5.82 Å². The summed E-state index contributed by atoms with van der Waals surface area (Å²) in [6.07, 6.45) is 0.384. The van der Waals surface area contributed by atoms with Gasteiger partial charge in [0.15, 0.2) is 0 Å². The maximum atomic E-state index is 13.6. The SMILES string of the molecule is CNC(c1ccc(Cl)c(F)c1)c1ccc2c(c1)CC(=O)N2. The van der Waals surface area contributed by atoms with Crippen molar-refractivity contribution >= 4 is 23.2 Å². The van der Waals surface area contributed by atoms with Crippen LogP contribution in [0.1, 0.15) is 22.7 Å². The van der Waals surface area contributed by atoms with Gasteiger partial charge in [-0.3, -0.25) is 4.79 Å². The Bertz CT molecular complexity index is 717. The molecule has 3 rings (SSSR count). The minimum absolute atomic E-state index is 0.000644. The van der Waals surface area contributed by atoms with Gasteiger partial charge in [0, 0.05) is 5.69 Å². The van der Waals surface area contributed by atoms with E-state index in [1.165, 1.54) is 6.07 Å². The monoisotopic (exact) mass is 304 g/mol. The van der Waals surface area contributed by atoms with Crippen LogP contribution >= 0.6 is 11.6 Å². The number of fused-ring (bicyclic) bond motifs is 1. The van der Waals surface area contributed by atoms with Crippen LogP contribution in [0.4, 0.5) is 10.1 Å². The van der Waals surface area contributed by atoms with Crippen molar-refractivity contribution in [3.8, 4) is 0 Å². The highest BCUT2D eigenvalue weighted by Crippen LogP contribution is 2.30. The molecular weight excluding hydrogens is 291 g/mol. The normalized spacial score (nSPS) is 14.7. The van der Waals surface area contributed by atoms with Crippen molar-refractivity contribution in [3.05, 3.63) is 63.9 Å². The second kappa shape index (κ2) is 5.47. The van der Waals surface area contributed by atoms with Gasteiger partial charge in [-0.1, -0.05) is 29.8 Å². The van der Waals surface area contributed by atoms with Crippen LogP contribution in [0.25, 0.3) is 0 Å². The molecule has 0 aromatic heterocycles. The number of hydrogen-bond acceptors (Lipinski definition) is 2. The van der Waals surface area contributed by atoms with Crippen LogP contribution in [0.15, 0.2) is 36.4 Å². The number of hydrogen-bond donors (Lipinski definition) is 2. The van der Waals surface area contributed by atoms with E-state index in [2.05, 4.69) is 10.6 Å². The molecule has 1 unspecified atom stereocenters. The van der Waals surface area contributed by atoms with Crippen LogP contribution in [-0.4, -0.2) is 13.0 Å². The number of carbonyl (C=O) groups excluding carboxylic acids is 1. The lowest BCUT2D eigenvalue weighted by molar-refractivity contribution is -0.115. The molecule has 108 valence electrons. The Hall–Kier alpha value is -1.91. The number of anilines is 1. The van der Waals surface area contributed by atoms with Gasteiger partial charge in [-0.2, -0.15) is 0 Å². The highest BCUT2D eigenvalue weighted by Gasteiger charge is 2.20. The van der Waals surface area contributed by atoms with Crippen molar-refractivity contribution in [2.45, 2.75) is 12.5 Å². The molecule has 0 saturated heterocycles. The fraction of sp³-hybridized carbons (Fsp3) is 0.188. The summed E-state index contributed by atoms with van der Waals surface area (Å²) in [5.74, 6) is -0.437. The molecule has 2 N–H and O–H groups in total. The first-order valence-corrected chi connectivity index (χ1v) is 7.01. The molecule has 2 aromatic rings. The zero-order chi connectivity index (χ0) is 15.0. The molecule has 0 bridgehead atoms. The maximum absolute atomic E-state index is 13.6. The van der Waals surface area contributed by atoms with E-state index < -0.39 is 5.82 Å². The van der Waals surface area contributed by atoms with Crippen molar-refractivity contribution in [2.75, 3.05) is 12.4 Å². The van der Waals surface area contributed by atoms with Gasteiger partial charge >= 0.3 is 0 Å². The summed E-state index contributed by atoms with van der Waals surface area (Å²) in [7, 11) is 1.81. The summed E-state index contributed by atoms with van der Waals surface area (Å²) in [5, 5.41) is 6.08. The van der Waals surface area contributed by atoms with Crippen LogP contribution < -0.4 is 10.6 Å². The number of halogens is 2. The van der Waals surface area contributed by atoms with Crippen molar-refractivity contribution in [1.82, 2.24) is 5.32 Å². The molecule has 21 heavy (non-hydrogen) atoms. The van der Waals surface area contributed by atoms with E-state index in [9.17, 15) is 9.18 Å². The lowest BCUT2D eigenvalue weighted by atomic mass is 9.96. The molecule has 0 saturated carbocycles. The highest BCUT2D eigenvalue weighted by atomic mass is 35.5. The number of carbonyl (C=O) groups is 1. The van der Waals surface area contributed by atoms with Gasteiger partial charge in [-0.25, -0.2) is 4.39 Å². The van der Waals surface area contributed by atoms with E-state index in [0.717, 1.165) is 22.4 Å². The molecule has 1 aliphatic heterocycles. The van der Waals surface area contributed by atoms with Gasteiger partial charge in [-0.05, 0) is 41.9 Å². The number of rotatable bonds is 3. The quantitative estimate of drug-likeness (QED) is 0.913. The molecule has 2 aromatic carbocycles. The van der Waals surface area contributed by atoms with Crippen LogP contribution in [0.3, 0.4) is 0 Å². The predicted octanol–water partition coefficient (Wildman–Crippen LogP) is 3.28. The lowest BCUT2D eigenvalue weighted by Crippen LogP contribution is -2.18. The zero-order valence-corrected chi connectivity index (χ0v) is 12.2. The zero-order valence-electron chi connectivity index (χ0n) is 11.4. The molecular formula is C16H14ClFN2O. The van der Waals surface area contributed by atoms with Gasteiger partial charge in [0.2, 0.25) is 5.91 Å². The average Bonchev–Trinajstić information content (AvgIpc) is 2.83. The fourth-order valence-electron chi connectivity index (χ4n) is 2.65. The topological polar surface area (TPSA) is 41.1 Å². The van der Waals surface area contributed by atoms with Crippen LogP contribution in [0.5, 0.6) is 0 Å². The second-order valence-electron chi connectivity index (χ2n) is 5.04. The van der Waals surface area contributed by atoms with Crippen LogP contribution in [0.2, 0.25) is 5.02 Å². The van der Waals surface area contributed by atoms with Gasteiger partial charge in [-0.15, -0.1) is 0 Å². The van der Waals surface area contributed by atoms with E-state index in [-0.39, 0.29) is 17.0 Å². The Morgan fingerprint density at radius 1 is 1.24 bits per heavy atom. The molecule has 1 aliphatic rings. The Kier molecular flexibility index (Phi) is 3.66. The molecule has 3 nitrogen and oxygen atoms in total. The molecule has 0 aliphatic carbocycles. The molecule has 0 spiro atoms. The second-order valence-corrected chi connectivity index (χ2v) is 5.44. The van der Waals surface area contributed by atoms with E-state index in [0.29, 0.717) is 6.42 Å². The molecule has 1 atom stereocenters. The molecule has 1 heterocycles. The summed E-state index contributed by atoms with van der Waals surface area (Å²) in [6, 6.07) is 10.4. The van der Waals surface area contributed by atoms with Gasteiger partial charge < -0.3 is 10.6 Å². The third-order valence-corrected chi connectivity index (χ3v) is 3.96. The Labute approximate surface area is 127 Å². The first kappa shape index (κ1) is 14.0. The Morgan fingerprint density at radius 3 is 2.67 bits per heavy atom. The van der Waals surface area contributed by atoms with E-state index in [1.807, 2.05) is 25.2 Å². The summed E-state index contributed by atoms with van der Waals surface area (Å²) in [4.78, 5) is 11.4. The van der Waals surface area contributed by atoms with E-state index >= 15 is 0 Å². The molecule has 1 amide bonds. The summed E-state index contributed by atoms with van der Waals surface area (Å²) in [6.45, 7) is 0. The average molecular weight is 305 g/mol. The maximum Gasteiger partial charge on any atom is 0.228 e. The minimum Gasteiger partial charge on any atom is -0.326 e.